The minimum atomic E-state index is -0.375. The van der Waals surface area contributed by atoms with E-state index in [0.717, 1.165) is 18.5 Å². The number of carbonyl (C=O) groups excluding carboxylic acids is 1. The highest BCUT2D eigenvalue weighted by Gasteiger charge is 2.34. The second-order valence-electron chi connectivity index (χ2n) is 4.97. The Hall–Kier alpha value is -1.20. The van der Waals surface area contributed by atoms with Crippen LogP contribution in [-0.4, -0.2) is 40.7 Å². The first-order valence-corrected chi connectivity index (χ1v) is 6.87. The normalized spacial score (nSPS) is 18.1. The Morgan fingerprint density at radius 3 is 2.74 bits per heavy atom. The van der Waals surface area contributed by atoms with E-state index in [2.05, 4.69) is 15.5 Å². The van der Waals surface area contributed by atoms with Crippen LogP contribution in [0.3, 0.4) is 0 Å². The molecule has 0 saturated carbocycles. The molecule has 2 heterocycles. The summed E-state index contributed by atoms with van der Waals surface area (Å²) in [6, 6.07) is 1.75. The van der Waals surface area contributed by atoms with Crippen molar-refractivity contribution >= 4 is 17.5 Å². The molecule has 0 spiro atoms. The summed E-state index contributed by atoms with van der Waals surface area (Å²) in [7, 11) is 0. The summed E-state index contributed by atoms with van der Waals surface area (Å²) in [6.07, 6.45) is 1.47. The maximum Gasteiger partial charge on any atom is 0.253 e. The van der Waals surface area contributed by atoms with Crippen molar-refractivity contribution < 1.29 is 9.53 Å². The maximum atomic E-state index is 12.4. The molecule has 5 nitrogen and oxygen atoms in total. The van der Waals surface area contributed by atoms with Crippen LogP contribution in [-0.2, 0) is 4.74 Å². The van der Waals surface area contributed by atoms with Crippen molar-refractivity contribution in [2.75, 3.05) is 19.1 Å². The Labute approximate surface area is 117 Å². The molecule has 6 heteroatoms. The van der Waals surface area contributed by atoms with Crippen molar-refractivity contribution in [3.63, 3.8) is 0 Å². The van der Waals surface area contributed by atoms with E-state index in [1.807, 2.05) is 6.92 Å². The lowest BCUT2D eigenvalue weighted by atomic mass is 9.91. The van der Waals surface area contributed by atoms with Crippen molar-refractivity contribution in [1.29, 1.82) is 0 Å². The number of amides is 1. The van der Waals surface area contributed by atoms with Gasteiger partial charge in [0.05, 0.1) is 22.5 Å². The molecule has 0 bridgehead atoms. The molecule has 1 aromatic heterocycles. The average molecular weight is 284 g/mol. The van der Waals surface area contributed by atoms with E-state index in [9.17, 15) is 4.79 Å². The molecule has 0 unspecified atom stereocenters. The number of ether oxygens (including phenoxy) is 1. The number of hydrogen-bond acceptors (Lipinski definition) is 4. The fraction of sp³-hybridized carbons (Fsp3) is 0.615. The highest BCUT2D eigenvalue weighted by Crippen LogP contribution is 2.23. The van der Waals surface area contributed by atoms with Crippen molar-refractivity contribution in [2.24, 2.45) is 0 Å². The van der Waals surface area contributed by atoms with Crippen LogP contribution in [0.5, 0.6) is 0 Å². The van der Waals surface area contributed by atoms with Gasteiger partial charge >= 0.3 is 0 Å². The molecule has 1 amide bonds. The molecule has 1 fully saturated rings. The third kappa shape index (κ3) is 3.22. The number of carbonyl (C=O) groups is 1. The van der Waals surface area contributed by atoms with E-state index in [0.29, 0.717) is 30.4 Å². The van der Waals surface area contributed by atoms with Gasteiger partial charge in [0.2, 0.25) is 0 Å². The molecule has 1 aliphatic rings. The van der Waals surface area contributed by atoms with Gasteiger partial charge in [-0.1, -0.05) is 0 Å². The number of hydrogen-bond donors (Lipinski definition) is 1. The van der Waals surface area contributed by atoms with E-state index in [4.69, 9.17) is 16.3 Å². The van der Waals surface area contributed by atoms with E-state index in [1.54, 1.807) is 13.0 Å². The monoisotopic (exact) mass is 283 g/mol. The fourth-order valence-electron chi connectivity index (χ4n) is 2.14. The molecule has 1 aromatic rings. The molecule has 104 valence electrons. The molecule has 0 radical (unpaired) electrons. The van der Waals surface area contributed by atoms with Gasteiger partial charge in [-0.25, -0.2) is 0 Å². The van der Waals surface area contributed by atoms with Crippen LogP contribution in [0.2, 0.25) is 0 Å². The zero-order valence-electron chi connectivity index (χ0n) is 11.2. The highest BCUT2D eigenvalue weighted by molar-refractivity contribution is 6.19. The highest BCUT2D eigenvalue weighted by atomic mass is 35.5. The Morgan fingerprint density at radius 2 is 2.11 bits per heavy atom. The number of aryl methyl sites for hydroxylation is 2. The Morgan fingerprint density at radius 1 is 1.42 bits per heavy atom. The van der Waals surface area contributed by atoms with Crippen LogP contribution in [0.25, 0.3) is 0 Å². The van der Waals surface area contributed by atoms with Gasteiger partial charge in [0.15, 0.2) is 0 Å². The number of rotatable bonds is 3. The first-order chi connectivity index (χ1) is 9.06. The second kappa shape index (κ2) is 5.84. The molecule has 1 N–H and O–H groups in total. The summed E-state index contributed by atoms with van der Waals surface area (Å²) < 4.78 is 5.32. The van der Waals surface area contributed by atoms with Crippen molar-refractivity contribution in [1.82, 2.24) is 15.5 Å². The van der Waals surface area contributed by atoms with Crippen LogP contribution < -0.4 is 5.32 Å². The first kappa shape index (κ1) is 14.2. The molecule has 19 heavy (non-hydrogen) atoms. The molecular weight excluding hydrogens is 266 g/mol. The SMILES string of the molecule is Cc1cc(C(=O)NC2(CCl)CCOCC2)c(C)nn1. The van der Waals surface area contributed by atoms with Crippen LogP contribution in [0.15, 0.2) is 6.07 Å². The van der Waals surface area contributed by atoms with Crippen LogP contribution >= 0.6 is 11.6 Å². The Kier molecular flexibility index (Phi) is 4.37. The molecular formula is C13H18ClN3O2. The van der Waals surface area contributed by atoms with E-state index >= 15 is 0 Å². The molecule has 2 rings (SSSR count). The quantitative estimate of drug-likeness (QED) is 0.856. The first-order valence-electron chi connectivity index (χ1n) is 6.33. The fourth-order valence-corrected chi connectivity index (χ4v) is 2.48. The van der Waals surface area contributed by atoms with Gasteiger partial charge in [0, 0.05) is 19.1 Å². The van der Waals surface area contributed by atoms with Crippen molar-refractivity contribution in [3.05, 3.63) is 23.0 Å². The zero-order valence-corrected chi connectivity index (χ0v) is 12.0. The minimum Gasteiger partial charge on any atom is -0.381 e. The number of nitrogens with zero attached hydrogens (tertiary/aromatic N) is 2. The number of alkyl halides is 1. The summed E-state index contributed by atoms with van der Waals surface area (Å²) in [5.41, 5.74) is 1.53. The van der Waals surface area contributed by atoms with E-state index in [1.165, 1.54) is 0 Å². The molecule has 1 aliphatic heterocycles. The standard InChI is InChI=1S/C13H18ClN3O2/c1-9-7-11(10(2)17-16-9)12(18)15-13(8-14)3-5-19-6-4-13/h7H,3-6,8H2,1-2H3,(H,15,18). The average Bonchev–Trinajstić information content (AvgIpc) is 2.42. The predicted octanol–water partition coefficient (Wildman–Crippen LogP) is 1.61. The van der Waals surface area contributed by atoms with Crippen molar-refractivity contribution in [2.45, 2.75) is 32.2 Å². The predicted molar refractivity (Wildman–Crippen MR) is 72.5 cm³/mol. The summed E-state index contributed by atoms with van der Waals surface area (Å²) >= 11 is 6.04. The lowest BCUT2D eigenvalue weighted by Gasteiger charge is -2.36. The topological polar surface area (TPSA) is 64.1 Å². The van der Waals surface area contributed by atoms with Gasteiger partial charge in [-0.2, -0.15) is 10.2 Å². The maximum absolute atomic E-state index is 12.4. The largest absolute Gasteiger partial charge is 0.381 e. The minimum absolute atomic E-state index is 0.141. The molecule has 0 atom stereocenters. The lowest BCUT2D eigenvalue weighted by Crippen LogP contribution is -2.53. The van der Waals surface area contributed by atoms with Gasteiger partial charge < -0.3 is 10.1 Å². The van der Waals surface area contributed by atoms with Gasteiger partial charge in [0.25, 0.3) is 5.91 Å². The number of halogens is 1. The van der Waals surface area contributed by atoms with Crippen LogP contribution in [0.1, 0.15) is 34.6 Å². The lowest BCUT2D eigenvalue weighted by molar-refractivity contribution is 0.0433. The van der Waals surface area contributed by atoms with E-state index < -0.39 is 0 Å². The van der Waals surface area contributed by atoms with Gasteiger partial charge in [-0.15, -0.1) is 11.6 Å². The van der Waals surface area contributed by atoms with Gasteiger partial charge in [0.1, 0.15) is 0 Å². The van der Waals surface area contributed by atoms with Crippen molar-refractivity contribution in [3.8, 4) is 0 Å². The summed E-state index contributed by atoms with van der Waals surface area (Å²) in [4.78, 5) is 12.4. The molecule has 0 aromatic carbocycles. The van der Waals surface area contributed by atoms with E-state index in [-0.39, 0.29) is 11.4 Å². The third-order valence-electron chi connectivity index (χ3n) is 3.43. The van der Waals surface area contributed by atoms with Gasteiger partial charge in [-0.05, 0) is 32.8 Å². The second-order valence-corrected chi connectivity index (χ2v) is 5.23. The summed E-state index contributed by atoms with van der Waals surface area (Å²) in [5.74, 6) is 0.247. The Bertz CT molecular complexity index is 473. The smallest absolute Gasteiger partial charge is 0.253 e. The molecule has 0 aliphatic carbocycles. The summed E-state index contributed by atoms with van der Waals surface area (Å²) in [6.45, 7) is 4.84. The third-order valence-corrected chi connectivity index (χ3v) is 3.94. The zero-order chi connectivity index (χ0) is 13.9. The molecule has 1 saturated heterocycles. The summed E-state index contributed by atoms with van der Waals surface area (Å²) in [5, 5.41) is 11.0. The number of nitrogens with one attached hydrogen (secondary N) is 1. The van der Waals surface area contributed by atoms with Gasteiger partial charge in [-0.3, -0.25) is 4.79 Å². The van der Waals surface area contributed by atoms with Crippen LogP contribution in [0, 0.1) is 13.8 Å². The number of aromatic nitrogens is 2. The Balaban J connectivity index is 2.17. The van der Waals surface area contributed by atoms with Crippen LogP contribution in [0.4, 0.5) is 0 Å².